The number of carbonyl (C=O) groups excluding carboxylic acids is 2. The average Bonchev–Trinajstić information content (AvgIpc) is 0.772. The quantitative estimate of drug-likeness (QED) is 0.0307. The molecule has 27 atom stereocenters. The molecule has 10 unspecified atom stereocenters. The summed E-state index contributed by atoms with van der Waals surface area (Å²) in [5.74, 6) is -1.13. The van der Waals surface area contributed by atoms with Crippen molar-refractivity contribution < 1.29 is 139 Å². The SMILES string of the molecule is CCCCCCCCCCCCC/C=C/[C@@H](O)[C@H](CO[C@@H]1OC(CO)[C@@H](O[C@@H]2OC(CO)[C@H](O)[C@H](O[C@H]3OC(CO)[C@H](O)[C@H](O[C@@H]4OC(CO)[C@@H](O[C@@H]5OC(CO)[C@H](O)[C@H](O)C5O)[C@H](O)C4NC(C)=O)C3O)C2O)[C@H](O)C1O)NC(=O)CCCCCCCCCCCCCCCCCCCCCCCCC. The van der Waals surface area contributed by atoms with Gasteiger partial charge in [-0.05, 0) is 19.3 Å². The average molecular weight is 1530 g/mol. The topological polar surface area (TPSA) is 474 Å². The van der Waals surface area contributed by atoms with Crippen LogP contribution in [0.15, 0.2) is 12.2 Å². The summed E-state index contributed by atoms with van der Waals surface area (Å²) < 4.78 is 58.4. The van der Waals surface area contributed by atoms with E-state index in [9.17, 15) is 91.3 Å². The van der Waals surface area contributed by atoms with Crippen LogP contribution < -0.4 is 10.6 Å². The van der Waals surface area contributed by atoms with Gasteiger partial charge >= 0.3 is 0 Å². The van der Waals surface area contributed by atoms with E-state index in [2.05, 4.69) is 24.5 Å². The standard InChI is InChI=1S/C76H140N2O28/c1-4-6-8-10-12-14-16-18-19-20-21-22-23-24-25-26-27-29-31-33-35-37-39-41-56(86)78-49(50(85)40-38-36-34-32-30-28-17-15-13-11-9-7-5-2)47-97-73-65(94)63(92)69(55(46-83)102-73)104-75-67(96)71(60(89)53(44-81)99-75)106-76-66(95)70(59(88)52(43-80)100-76)105-72-57(77-48(3)84)61(90)68(54(45-82)101-72)103-74-64(93)62(91)58(87)51(42-79)98-74/h38,40,49-55,57-76,79-83,85,87-96H,4-37,39,41-47H2,1-3H3,(H,77,84)(H,78,86)/b40-38+/t49-,50+,51?,52?,53?,54?,55?,57?,58-,59-,60-,61+,62-,63+,64?,65?,66?,67?,68+,69+,70-,71-,72-,73+,74-,75-,76+/m0/s1. The van der Waals surface area contributed by atoms with Gasteiger partial charge in [-0.1, -0.05) is 231 Å². The molecular formula is C76H140N2O28. The fraction of sp³-hybridized carbons (Fsp3) is 0.947. The van der Waals surface area contributed by atoms with Crippen LogP contribution in [0.1, 0.15) is 252 Å². The molecule has 0 aromatic rings. The predicted octanol–water partition coefficient (Wildman–Crippen LogP) is 2.73. The number of hydrogen-bond donors (Lipinski definition) is 18. The maximum absolute atomic E-state index is 13.5. The van der Waals surface area contributed by atoms with Crippen LogP contribution in [0.4, 0.5) is 0 Å². The Morgan fingerprint density at radius 3 is 1.10 bits per heavy atom. The van der Waals surface area contributed by atoms with E-state index in [0.29, 0.717) is 12.8 Å². The number of unbranched alkanes of at least 4 members (excludes halogenated alkanes) is 33. The van der Waals surface area contributed by atoms with Crippen molar-refractivity contribution in [1.29, 1.82) is 0 Å². The second-order valence-corrected chi connectivity index (χ2v) is 29.9. The van der Waals surface area contributed by atoms with Gasteiger partial charge in [-0.3, -0.25) is 9.59 Å². The second-order valence-electron chi connectivity index (χ2n) is 29.9. The molecule has 5 saturated heterocycles. The van der Waals surface area contributed by atoms with Crippen LogP contribution in [0, 0.1) is 0 Å². The fourth-order valence-corrected chi connectivity index (χ4v) is 14.6. The molecule has 622 valence electrons. The molecule has 2 amide bonds. The molecule has 0 saturated carbocycles. The predicted molar refractivity (Wildman–Crippen MR) is 386 cm³/mol. The number of aliphatic hydroxyl groups is 16. The molecule has 0 spiro atoms. The number of carbonyl (C=O) groups is 2. The van der Waals surface area contributed by atoms with Crippen molar-refractivity contribution in [2.45, 2.75) is 418 Å². The van der Waals surface area contributed by atoms with Crippen LogP contribution in [0.2, 0.25) is 0 Å². The Balaban J connectivity index is 1.15. The number of allylic oxidation sites excluding steroid dienone is 1. The van der Waals surface area contributed by atoms with Gasteiger partial charge in [-0.25, -0.2) is 0 Å². The summed E-state index contributed by atoms with van der Waals surface area (Å²) in [7, 11) is 0. The largest absolute Gasteiger partial charge is 0.394 e. The van der Waals surface area contributed by atoms with Crippen molar-refractivity contribution in [2.75, 3.05) is 39.6 Å². The summed E-state index contributed by atoms with van der Waals surface area (Å²) in [5.41, 5.74) is 0. The van der Waals surface area contributed by atoms with Crippen molar-refractivity contribution in [3.63, 3.8) is 0 Å². The van der Waals surface area contributed by atoms with Crippen LogP contribution in [0.25, 0.3) is 0 Å². The zero-order valence-electron chi connectivity index (χ0n) is 63.5. The molecule has 0 bridgehead atoms. The van der Waals surface area contributed by atoms with Gasteiger partial charge in [-0.15, -0.1) is 0 Å². The van der Waals surface area contributed by atoms with Gasteiger partial charge in [0.05, 0.1) is 51.8 Å². The number of aliphatic hydroxyl groups excluding tert-OH is 16. The molecule has 106 heavy (non-hydrogen) atoms. The van der Waals surface area contributed by atoms with E-state index in [1.165, 1.54) is 161 Å². The first-order chi connectivity index (χ1) is 51.2. The Hall–Kier alpha value is -2.36. The van der Waals surface area contributed by atoms with Gasteiger partial charge in [0.2, 0.25) is 11.8 Å². The maximum Gasteiger partial charge on any atom is 0.220 e. The minimum Gasteiger partial charge on any atom is -0.394 e. The molecule has 5 rings (SSSR count). The van der Waals surface area contributed by atoms with E-state index in [0.717, 1.165) is 58.3 Å². The van der Waals surface area contributed by atoms with Crippen LogP contribution in [0.3, 0.4) is 0 Å². The molecule has 30 nitrogen and oxygen atoms in total. The fourth-order valence-electron chi connectivity index (χ4n) is 14.6. The monoisotopic (exact) mass is 1530 g/mol. The van der Waals surface area contributed by atoms with Gasteiger partial charge in [0, 0.05) is 13.3 Å². The normalized spacial score (nSPS) is 34.3. The Kier molecular flexibility index (Phi) is 47.7. The van der Waals surface area contributed by atoms with Crippen molar-refractivity contribution >= 4 is 11.8 Å². The van der Waals surface area contributed by atoms with Crippen molar-refractivity contribution in [3.8, 4) is 0 Å². The highest BCUT2D eigenvalue weighted by Crippen LogP contribution is 2.37. The van der Waals surface area contributed by atoms with Gasteiger partial charge in [0.15, 0.2) is 31.5 Å². The van der Waals surface area contributed by atoms with E-state index in [4.69, 9.17) is 47.4 Å². The van der Waals surface area contributed by atoms with Crippen LogP contribution in [0.5, 0.6) is 0 Å². The minimum atomic E-state index is -2.21. The Morgan fingerprint density at radius 2 is 0.698 bits per heavy atom. The van der Waals surface area contributed by atoms with Crippen LogP contribution >= 0.6 is 0 Å². The molecule has 0 aromatic heterocycles. The highest BCUT2D eigenvalue weighted by atomic mass is 16.8. The molecular weight excluding hydrogens is 1390 g/mol. The molecule has 5 heterocycles. The zero-order chi connectivity index (χ0) is 77.3. The molecule has 0 aromatic carbocycles. The second kappa shape index (κ2) is 53.6. The van der Waals surface area contributed by atoms with Gasteiger partial charge in [0.1, 0.15) is 122 Å². The molecule has 18 N–H and O–H groups in total. The van der Waals surface area contributed by atoms with Gasteiger partial charge in [0.25, 0.3) is 0 Å². The minimum absolute atomic E-state index is 0.193. The number of rotatable bonds is 56. The highest BCUT2D eigenvalue weighted by Gasteiger charge is 2.57. The lowest BCUT2D eigenvalue weighted by Gasteiger charge is -2.50. The molecule has 5 aliphatic heterocycles. The smallest absolute Gasteiger partial charge is 0.220 e. The third kappa shape index (κ3) is 31.5. The van der Waals surface area contributed by atoms with E-state index in [-0.39, 0.29) is 12.3 Å². The van der Waals surface area contributed by atoms with E-state index in [1.807, 2.05) is 6.08 Å². The summed E-state index contributed by atoms with van der Waals surface area (Å²) in [5, 5.41) is 182. The summed E-state index contributed by atoms with van der Waals surface area (Å²) in [6.07, 6.45) is -0.286. The molecule has 0 radical (unpaired) electrons. The van der Waals surface area contributed by atoms with E-state index >= 15 is 0 Å². The summed E-state index contributed by atoms with van der Waals surface area (Å²) in [4.78, 5) is 26.1. The summed E-state index contributed by atoms with van der Waals surface area (Å²) in [6.45, 7) is 0.372. The van der Waals surface area contributed by atoms with E-state index in [1.54, 1.807) is 6.08 Å². The molecule has 0 aliphatic carbocycles. The van der Waals surface area contributed by atoms with Crippen LogP contribution in [-0.2, 0) is 57.0 Å². The third-order valence-corrected chi connectivity index (χ3v) is 21.2. The lowest BCUT2D eigenvalue weighted by molar-refractivity contribution is -0.390. The number of hydrogen-bond acceptors (Lipinski definition) is 28. The first kappa shape index (κ1) is 94.2. The first-order valence-electron chi connectivity index (χ1n) is 40.5. The number of amides is 2. The van der Waals surface area contributed by atoms with Gasteiger partial charge in [-0.2, -0.15) is 0 Å². The zero-order valence-corrected chi connectivity index (χ0v) is 63.5. The van der Waals surface area contributed by atoms with E-state index < -0.39 is 211 Å². The van der Waals surface area contributed by atoms with Crippen molar-refractivity contribution in [1.82, 2.24) is 10.6 Å². The number of ether oxygens (including phenoxy) is 10. The molecule has 30 heteroatoms. The molecule has 5 aliphatic rings. The Labute approximate surface area is 628 Å². The Morgan fingerprint density at radius 1 is 0.368 bits per heavy atom. The third-order valence-electron chi connectivity index (χ3n) is 21.2. The number of nitrogens with one attached hydrogen (secondary N) is 2. The first-order valence-corrected chi connectivity index (χ1v) is 40.5. The van der Waals surface area contributed by atoms with Crippen LogP contribution in [-0.4, -0.2) is 299 Å². The lowest BCUT2D eigenvalue weighted by Crippen LogP contribution is -2.70. The lowest BCUT2D eigenvalue weighted by atomic mass is 9.94. The summed E-state index contributed by atoms with van der Waals surface area (Å²) in [6, 6.07) is -2.77. The molecule has 5 fully saturated rings. The van der Waals surface area contributed by atoms with Crippen molar-refractivity contribution in [3.05, 3.63) is 12.2 Å². The Bertz CT molecular complexity index is 2290. The summed E-state index contributed by atoms with van der Waals surface area (Å²) >= 11 is 0. The van der Waals surface area contributed by atoms with Crippen molar-refractivity contribution in [2.24, 2.45) is 0 Å². The van der Waals surface area contributed by atoms with Gasteiger partial charge < -0.3 is 140 Å². The highest BCUT2D eigenvalue weighted by molar-refractivity contribution is 5.76. The maximum atomic E-state index is 13.5.